The number of hydrogen-bond acceptors (Lipinski definition) is 4. The number of rotatable bonds is 3. The van der Waals surface area contributed by atoms with Crippen LogP contribution < -0.4 is 5.32 Å². The fourth-order valence-electron chi connectivity index (χ4n) is 1.80. The molecule has 108 valence electrons. The van der Waals surface area contributed by atoms with Crippen molar-refractivity contribution in [1.29, 1.82) is 0 Å². The van der Waals surface area contributed by atoms with Crippen LogP contribution in [0.2, 0.25) is 0 Å². The number of nitrogens with zero attached hydrogens (tertiary/aromatic N) is 2. The van der Waals surface area contributed by atoms with E-state index in [1.807, 2.05) is 48.7 Å². The number of thiazole rings is 1. The minimum Gasteiger partial charge on any atom is -0.316 e. The van der Waals surface area contributed by atoms with Crippen LogP contribution in [0.5, 0.6) is 0 Å². The molecule has 3 aromatic rings. The molecular formula is C15H13Br2N3S. The molecule has 0 aliphatic rings. The Kier molecular flexibility index (Phi) is 5.50. The van der Waals surface area contributed by atoms with Crippen molar-refractivity contribution in [2.24, 2.45) is 0 Å². The molecule has 21 heavy (non-hydrogen) atoms. The molecule has 3 nitrogen and oxygen atoms in total. The van der Waals surface area contributed by atoms with Crippen molar-refractivity contribution in [3.63, 3.8) is 0 Å². The average Bonchev–Trinajstić information content (AvgIpc) is 2.88. The molecule has 0 fully saturated rings. The zero-order valence-corrected chi connectivity index (χ0v) is 15.3. The van der Waals surface area contributed by atoms with Crippen molar-refractivity contribution < 1.29 is 0 Å². The summed E-state index contributed by atoms with van der Waals surface area (Å²) >= 11 is 5.01. The molecule has 0 aliphatic carbocycles. The van der Waals surface area contributed by atoms with Crippen molar-refractivity contribution in [3.05, 3.63) is 58.0 Å². The van der Waals surface area contributed by atoms with E-state index in [4.69, 9.17) is 0 Å². The predicted molar refractivity (Wildman–Crippen MR) is 97.8 cm³/mol. The minimum absolute atomic E-state index is 0. The average molecular weight is 427 g/mol. The highest BCUT2D eigenvalue weighted by atomic mass is 79.9. The molecule has 0 aliphatic heterocycles. The van der Waals surface area contributed by atoms with Crippen LogP contribution in [-0.2, 0) is 0 Å². The molecule has 0 saturated carbocycles. The third kappa shape index (κ3) is 4.12. The zero-order chi connectivity index (χ0) is 13.9. The van der Waals surface area contributed by atoms with E-state index in [1.165, 1.54) is 5.56 Å². The van der Waals surface area contributed by atoms with E-state index in [0.717, 1.165) is 26.7 Å². The summed E-state index contributed by atoms with van der Waals surface area (Å²) in [5.74, 6) is 0.821. The lowest BCUT2D eigenvalue weighted by molar-refractivity contribution is 1.26. The van der Waals surface area contributed by atoms with Gasteiger partial charge in [0.25, 0.3) is 0 Å². The first-order chi connectivity index (χ1) is 9.70. The highest BCUT2D eigenvalue weighted by Gasteiger charge is 2.05. The van der Waals surface area contributed by atoms with E-state index in [1.54, 1.807) is 17.5 Å². The van der Waals surface area contributed by atoms with Crippen molar-refractivity contribution in [2.45, 2.75) is 6.92 Å². The predicted octanol–water partition coefficient (Wildman–Crippen LogP) is 5.60. The van der Waals surface area contributed by atoms with Crippen LogP contribution in [0.15, 0.2) is 52.4 Å². The Morgan fingerprint density at radius 2 is 1.90 bits per heavy atom. The molecule has 2 aromatic heterocycles. The number of aromatic nitrogens is 2. The second kappa shape index (κ2) is 7.15. The number of pyridine rings is 1. The van der Waals surface area contributed by atoms with Crippen LogP contribution in [0, 0.1) is 6.92 Å². The third-order valence-corrected chi connectivity index (χ3v) is 4.08. The molecule has 0 unspecified atom stereocenters. The van der Waals surface area contributed by atoms with Gasteiger partial charge in [-0.3, -0.25) is 0 Å². The zero-order valence-electron chi connectivity index (χ0n) is 11.2. The van der Waals surface area contributed by atoms with Gasteiger partial charge in [-0.15, -0.1) is 28.3 Å². The van der Waals surface area contributed by atoms with Gasteiger partial charge in [-0.1, -0.05) is 28.1 Å². The summed E-state index contributed by atoms with van der Waals surface area (Å²) in [6.45, 7) is 2.04. The lowest BCUT2D eigenvalue weighted by atomic mass is 10.2. The lowest BCUT2D eigenvalue weighted by Gasteiger charge is -2.01. The van der Waals surface area contributed by atoms with Gasteiger partial charge in [0.05, 0.1) is 5.69 Å². The van der Waals surface area contributed by atoms with E-state index >= 15 is 0 Å². The van der Waals surface area contributed by atoms with Gasteiger partial charge in [-0.05, 0) is 36.8 Å². The molecule has 0 radical (unpaired) electrons. The molecule has 6 heteroatoms. The summed E-state index contributed by atoms with van der Waals surface area (Å²) in [6.07, 6.45) is 1.79. The summed E-state index contributed by atoms with van der Waals surface area (Å²) in [6, 6.07) is 12.1. The number of aryl methyl sites for hydroxylation is 1. The number of benzene rings is 1. The van der Waals surface area contributed by atoms with Crippen LogP contribution in [-0.4, -0.2) is 9.97 Å². The molecule has 2 heterocycles. The fraction of sp³-hybridized carbons (Fsp3) is 0.0667. The monoisotopic (exact) mass is 425 g/mol. The minimum atomic E-state index is 0. The smallest absolute Gasteiger partial charge is 0.188 e. The summed E-state index contributed by atoms with van der Waals surface area (Å²) < 4.78 is 1.07. The van der Waals surface area contributed by atoms with Crippen LogP contribution in [0.3, 0.4) is 0 Å². The Morgan fingerprint density at radius 3 is 2.62 bits per heavy atom. The quantitative estimate of drug-likeness (QED) is 0.592. The topological polar surface area (TPSA) is 37.8 Å². The molecule has 0 saturated heterocycles. The summed E-state index contributed by atoms with van der Waals surface area (Å²) in [5.41, 5.74) is 3.25. The van der Waals surface area contributed by atoms with Gasteiger partial charge >= 0.3 is 0 Å². The van der Waals surface area contributed by atoms with Gasteiger partial charge in [0.2, 0.25) is 0 Å². The van der Waals surface area contributed by atoms with Gasteiger partial charge in [-0.25, -0.2) is 9.97 Å². The van der Waals surface area contributed by atoms with E-state index in [0.29, 0.717) is 0 Å². The highest BCUT2D eigenvalue weighted by molar-refractivity contribution is 9.10. The summed E-state index contributed by atoms with van der Waals surface area (Å²) in [5, 5.41) is 6.12. The van der Waals surface area contributed by atoms with Crippen LogP contribution in [0.4, 0.5) is 10.9 Å². The Balaban J connectivity index is 0.00000161. The van der Waals surface area contributed by atoms with Gasteiger partial charge < -0.3 is 5.32 Å². The van der Waals surface area contributed by atoms with Crippen molar-refractivity contribution in [2.75, 3.05) is 5.32 Å². The first-order valence-corrected chi connectivity index (χ1v) is 7.79. The SMILES string of the molecule is Br.Cc1ccnc(Nc2nc(-c3ccc(Br)cc3)cs2)c1. The van der Waals surface area contributed by atoms with Gasteiger partial charge in [0.15, 0.2) is 5.13 Å². The van der Waals surface area contributed by atoms with Crippen LogP contribution >= 0.6 is 44.2 Å². The van der Waals surface area contributed by atoms with E-state index in [9.17, 15) is 0 Å². The first kappa shape index (κ1) is 16.1. The number of hydrogen-bond donors (Lipinski definition) is 1. The van der Waals surface area contributed by atoms with Gasteiger partial charge in [0.1, 0.15) is 5.82 Å². The maximum absolute atomic E-state index is 4.59. The normalized spacial score (nSPS) is 10.0. The Bertz CT molecular complexity index is 726. The molecular weight excluding hydrogens is 414 g/mol. The van der Waals surface area contributed by atoms with Crippen molar-refractivity contribution in [3.8, 4) is 11.3 Å². The lowest BCUT2D eigenvalue weighted by Crippen LogP contribution is -1.92. The molecule has 1 aromatic carbocycles. The molecule has 0 bridgehead atoms. The van der Waals surface area contributed by atoms with E-state index < -0.39 is 0 Å². The molecule has 1 N–H and O–H groups in total. The standard InChI is InChI=1S/C15H12BrN3S.BrH/c1-10-6-7-17-14(8-10)19-15-18-13(9-20-15)11-2-4-12(16)5-3-11;/h2-9H,1H3,(H,17,18,19);1H. The fourth-order valence-corrected chi connectivity index (χ4v) is 2.79. The highest BCUT2D eigenvalue weighted by Crippen LogP contribution is 2.27. The van der Waals surface area contributed by atoms with E-state index in [2.05, 4.69) is 31.2 Å². The Hall–Kier alpha value is -1.24. The second-order valence-electron chi connectivity index (χ2n) is 4.39. The number of halogens is 2. The maximum atomic E-state index is 4.59. The van der Waals surface area contributed by atoms with Crippen molar-refractivity contribution >= 4 is 55.2 Å². The van der Waals surface area contributed by atoms with Crippen molar-refractivity contribution in [1.82, 2.24) is 9.97 Å². The van der Waals surface area contributed by atoms with Crippen LogP contribution in [0.25, 0.3) is 11.3 Å². The van der Waals surface area contributed by atoms with E-state index in [-0.39, 0.29) is 17.0 Å². The first-order valence-electron chi connectivity index (χ1n) is 6.12. The molecule has 0 atom stereocenters. The third-order valence-electron chi connectivity index (χ3n) is 2.79. The molecule has 3 rings (SSSR count). The van der Waals surface area contributed by atoms with Gasteiger partial charge in [0, 0.05) is 21.6 Å². The molecule has 0 amide bonds. The summed E-state index contributed by atoms with van der Waals surface area (Å²) in [7, 11) is 0. The number of anilines is 2. The second-order valence-corrected chi connectivity index (χ2v) is 6.16. The van der Waals surface area contributed by atoms with Gasteiger partial charge in [-0.2, -0.15) is 0 Å². The van der Waals surface area contributed by atoms with Crippen LogP contribution in [0.1, 0.15) is 5.56 Å². The largest absolute Gasteiger partial charge is 0.316 e. The Labute approximate surface area is 146 Å². The maximum Gasteiger partial charge on any atom is 0.188 e. The summed E-state index contributed by atoms with van der Waals surface area (Å²) in [4.78, 5) is 8.87. The molecule has 0 spiro atoms. The Morgan fingerprint density at radius 1 is 1.14 bits per heavy atom. The number of nitrogens with one attached hydrogen (secondary N) is 1.